The summed E-state index contributed by atoms with van der Waals surface area (Å²) in [6.45, 7) is 12.6. The van der Waals surface area contributed by atoms with Crippen LogP contribution in [0.5, 0.6) is 0 Å². The van der Waals surface area contributed by atoms with Gasteiger partial charge in [-0.3, -0.25) is 5.32 Å². The van der Waals surface area contributed by atoms with Crippen molar-refractivity contribution in [3.05, 3.63) is 0 Å². The van der Waals surface area contributed by atoms with Gasteiger partial charge in [0.2, 0.25) is 0 Å². The van der Waals surface area contributed by atoms with Crippen molar-refractivity contribution in [2.24, 2.45) is 22.3 Å². The summed E-state index contributed by atoms with van der Waals surface area (Å²) in [5.41, 5.74) is 12.0. The van der Waals surface area contributed by atoms with Gasteiger partial charge in [-0.05, 0) is 10.8 Å². The topological polar surface area (TPSA) is 64.1 Å². The minimum Gasteiger partial charge on any atom is -0.315 e. The summed E-state index contributed by atoms with van der Waals surface area (Å²) in [6.07, 6.45) is -0.136. The SMILES string of the molecule is CC(C)(C)C(N)NC(N)C(C)(C)C. The van der Waals surface area contributed by atoms with Crippen LogP contribution < -0.4 is 16.8 Å². The first-order chi connectivity index (χ1) is 5.55. The van der Waals surface area contributed by atoms with Crippen molar-refractivity contribution in [2.45, 2.75) is 53.9 Å². The Morgan fingerprint density at radius 1 is 0.769 bits per heavy atom. The monoisotopic (exact) mass is 187 g/mol. The average molecular weight is 187 g/mol. The molecule has 0 amide bonds. The molecule has 0 aromatic rings. The quantitative estimate of drug-likeness (QED) is 0.570. The van der Waals surface area contributed by atoms with E-state index in [9.17, 15) is 0 Å². The Kier molecular flexibility index (Phi) is 3.91. The maximum absolute atomic E-state index is 5.96. The van der Waals surface area contributed by atoms with Gasteiger partial charge in [-0.15, -0.1) is 0 Å². The molecule has 0 aromatic heterocycles. The van der Waals surface area contributed by atoms with Crippen LogP contribution in [0.1, 0.15) is 41.5 Å². The van der Waals surface area contributed by atoms with E-state index in [2.05, 4.69) is 46.9 Å². The summed E-state index contributed by atoms with van der Waals surface area (Å²) in [7, 11) is 0. The predicted molar refractivity (Wildman–Crippen MR) is 58.0 cm³/mol. The summed E-state index contributed by atoms with van der Waals surface area (Å²) in [5, 5.41) is 3.22. The second-order valence-corrected chi connectivity index (χ2v) is 5.85. The first kappa shape index (κ1) is 12.9. The molecule has 0 aromatic carbocycles. The maximum Gasteiger partial charge on any atom is 0.0608 e. The van der Waals surface area contributed by atoms with Crippen molar-refractivity contribution < 1.29 is 0 Å². The number of rotatable bonds is 2. The number of nitrogens with two attached hydrogens (primary N) is 2. The Morgan fingerprint density at radius 3 is 1.15 bits per heavy atom. The highest BCUT2D eigenvalue weighted by molar-refractivity contribution is 4.82. The van der Waals surface area contributed by atoms with E-state index in [1.54, 1.807) is 0 Å². The van der Waals surface area contributed by atoms with Crippen molar-refractivity contribution in [3.63, 3.8) is 0 Å². The third-order valence-corrected chi connectivity index (χ3v) is 2.23. The van der Waals surface area contributed by atoms with Crippen LogP contribution in [0.25, 0.3) is 0 Å². The first-order valence-corrected chi connectivity index (χ1v) is 4.82. The van der Waals surface area contributed by atoms with Gasteiger partial charge < -0.3 is 11.5 Å². The van der Waals surface area contributed by atoms with Crippen LogP contribution in [-0.4, -0.2) is 12.3 Å². The van der Waals surface area contributed by atoms with Crippen molar-refractivity contribution in [2.75, 3.05) is 0 Å². The molecule has 0 heterocycles. The molecular formula is C10H25N3. The molecule has 0 fully saturated rings. The lowest BCUT2D eigenvalue weighted by atomic mass is 9.89. The lowest BCUT2D eigenvalue weighted by molar-refractivity contribution is 0.189. The van der Waals surface area contributed by atoms with E-state index in [0.29, 0.717) is 0 Å². The largest absolute Gasteiger partial charge is 0.315 e. The van der Waals surface area contributed by atoms with Crippen LogP contribution >= 0.6 is 0 Å². The lowest BCUT2D eigenvalue weighted by Crippen LogP contribution is -2.58. The molecule has 0 aliphatic carbocycles. The highest BCUT2D eigenvalue weighted by atomic mass is 15.1. The molecule has 5 N–H and O–H groups in total. The lowest BCUT2D eigenvalue weighted by Gasteiger charge is -2.35. The van der Waals surface area contributed by atoms with Crippen LogP contribution in [0.4, 0.5) is 0 Å². The minimum absolute atomic E-state index is 0.0445. The van der Waals surface area contributed by atoms with Gasteiger partial charge in [0.25, 0.3) is 0 Å². The Hall–Kier alpha value is -0.120. The Labute approximate surface area is 82.3 Å². The van der Waals surface area contributed by atoms with Crippen molar-refractivity contribution in [3.8, 4) is 0 Å². The molecule has 0 radical (unpaired) electrons. The van der Waals surface area contributed by atoms with Gasteiger partial charge in [-0.2, -0.15) is 0 Å². The zero-order valence-electron chi connectivity index (χ0n) is 9.81. The summed E-state index contributed by atoms with van der Waals surface area (Å²) in [4.78, 5) is 0. The Balaban J connectivity index is 4.15. The molecule has 3 nitrogen and oxygen atoms in total. The van der Waals surface area contributed by atoms with E-state index in [4.69, 9.17) is 11.5 Å². The fraction of sp³-hybridized carbons (Fsp3) is 1.00. The Morgan fingerprint density at radius 2 is 1.00 bits per heavy atom. The normalized spacial score (nSPS) is 18.5. The molecular weight excluding hydrogens is 162 g/mol. The van der Waals surface area contributed by atoms with Crippen LogP contribution in [0, 0.1) is 10.8 Å². The number of hydrogen-bond donors (Lipinski definition) is 3. The zero-order chi connectivity index (χ0) is 10.9. The van der Waals surface area contributed by atoms with Gasteiger partial charge in [0, 0.05) is 0 Å². The molecule has 13 heavy (non-hydrogen) atoms. The molecule has 0 saturated heterocycles. The van der Waals surface area contributed by atoms with E-state index >= 15 is 0 Å². The van der Waals surface area contributed by atoms with Gasteiger partial charge in [0.1, 0.15) is 0 Å². The molecule has 2 unspecified atom stereocenters. The summed E-state index contributed by atoms with van der Waals surface area (Å²) < 4.78 is 0. The van der Waals surface area contributed by atoms with Crippen molar-refractivity contribution >= 4 is 0 Å². The van der Waals surface area contributed by atoms with Crippen LogP contribution in [-0.2, 0) is 0 Å². The van der Waals surface area contributed by atoms with E-state index in [1.807, 2.05) is 0 Å². The average Bonchev–Trinajstić information content (AvgIpc) is 1.82. The third kappa shape index (κ3) is 4.60. The van der Waals surface area contributed by atoms with Crippen LogP contribution in [0.15, 0.2) is 0 Å². The smallest absolute Gasteiger partial charge is 0.0608 e. The summed E-state index contributed by atoms with van der Waals surface area (Å²) >= 11 is 0. The van der Waals surface area contributed by atoms with Gasteiger partial charge in [0.15, 0.2) is 0 Å². The van der Waals surface area contributed by atoms with Crippen LogP contribution in [0.2, 0.25) is 0 Å². The van der Waals surface area contributed by atoms with Crippen molar-refractivity contribution in [1.82, 2.24) is 5.32 Å². The van der Waals surface area contributed by atoms with E-state index in [0.717, 1.165) is 0 Å². The zero-order valence-corrected chi connectivity index (χ0v) is 9.81. The highest BCUT2D eigenvalue weighted by Gasteiger charge is 2.27. The fourth-order valence-electron chi connectivity index (χ4n) is 0.693. The predicted octanol–water partition coefficient (Wildman–Crippen LogP) is 1.24. The summed E-state index contributed by atoms with van der Waals surface area (Å²) in [6, 6.07) is 0. The van der Waals surface area contributed by atoms with Crippen molar-refractivity contribution in [1.29, 1.82) is 0 Å². The first-order valence-electron chi connectivity index (χ1n) is 4.82. The van der Waals surface area contributed by atoms with Gasteiger partial charge in [-0.1, -0.05) is 41.5 Å². The second kappa shape index (κ2) is 3.95. The fourth-order valence-corrected chi connectivity index (χ4v) is 0.693. The molecule has 80 valence electrons. The van der Waals surface area contributed by atoms with Gasteiger partial charge >= 0.3 is 0 Å². The number of nitrogens with one attached hydrogen (secondary N) is 1. The van der Waals surface area contributed by atoms with Gasteiger partial charge in [-0.25, -0.2) is 0 Å². The molecule has 0 rings (SSSR count). The third-order valence-electron chi connectivity index (χ3n) is 2.23. The molecule has 2 atom stereocenters. The summed E-state index contributed by atoms with van der Waals surface area (Å²) in [5.74, 6) is 0. The molecule has 0 aliphatic heterocycles. The van der Waals surface area contributed by atoms with E-state index < -0.39 is 0 Å². The molecule has 0 bridgehead atoms. The van der Waals surface area contributed by atoms with Gasteiger partial charge in [0.05, 0.1) is 12.3 Å². The van der Waals surface area contributed by atoms with E-state index in [-0.39, 0.29) is 23.2 Å². The minimum atomic E-state index is -0.0678. The molecule has 0 saturated carbocycles. The maximum atomic E-state index is 5.96. The second-order valence-electron chi connectivity index (χ2n) is 5.85. The molecule has 0 spiro atoms. The molecule has 3 heteroatoms. The van der Waals surface area contributed by atoms with E-state index in [1.165, 1.54) is 0 Å². The van der Waals surface area contributed by atoms with Crippen LogP contribution in [0.3, 0.4) is 0 Å². The highest BCUT2D eigenvalue weighted by Crippen LogP contribution is 2.20. The Bertz CT molecular complexity index is 135. The standard InChI is InChI=1S/C10H25N3/c1-9(2,3)7(11)13-8(12)10(4,5)6/h7-8,13H,11-12H2,1-6H3. The molecule has 0 aliphatic rings. The number of hydrogen-bond acceptors (Lipinski definition) is 3.